The number of nitrogens with zero attached hydrogens (tertiary/aromatic N) is 5. The van der Waals surface area contributed by atoms with Crippen molar-refractivity contribution >= 4 is 38.6 Å². The number of alkyl halides is 1. The van der Waals surface area contributed by atoms with Crippen LogP contribution in [-0.4, -0.2) is 84.1 Å². The summed E-state index contributed by atoms with van der Waals surface area (Å²) in [5.74, 6) is -0.499. The van der Waals surface area contributed by atoms with Gasteiger partial charge in [0.25, 0.3) is 0 Å². The molecule has 1 aromatic heterocycles. The number of hydrogen-bond donors (Lipinski definition) is 0. The number of aromatic nitrogens is 1. The quantitative estimate of drug-likeness (QED) is 0.493. The Bertz CT molecular complexity index is 1290. The first-order valence-electron chi connectivity index (χ1n) is 13.0. The van der Waals surface area contributed by atoms with Crippen LogP contribution in [0.3, 0.4) is 0 Å². The molecule has 204 valence electrons. The number of benzene rings is 1. The summed E-state index contributed by atoms with van der Waals surface area (Å²) < 4.78 is 41.5. The fourth-order valence-corrected chi connectivity index (χ4v) is 6.18. The molecule has 8 nitrogen and oxygen atoms in total. The maximum Gasteiger partial charge on any atom is 0.410 e. The number of nitriles is 1. The highest BCUT2D eigenvalue weighted by Crippen LogP contribution is 2.42. The summed E-state index contributed by atoms with van der Waals surface area (Å²) in [6.07, 6.45) is 0.842. The molecule has 1 aromatic carbocycles. The van der Waals surface area contributed by atoms with Crippen LogP contribution >= 0.6 is 15.9 Å². The second kappa shape index (κ2) is 10.1. The fraction of sp³-hybridized carbons (Fsp3) is 0.593. The van der Waals surface area contributed by atoms with Crippen molar-refractivity contribution in [1.29, 1.82) is 5.26 Å². The lowest BCUT2D eigenvalue weighted by Gasteiger charge is -2.37. The zero-order chi connectivity index (χ0) is 27.2. The second-order valence-corrected chi connectivity index (χ2v) is 12.2. The Morgan fingerprint density at radius 3 is 2.68 bits per heavy atom. The Balaban J connectivity index is 1.47. The highest BCUT2D eigenvalue weighted by Gasteiger charge is 2.49. The maximum atomic E-state index is 15.3. The Morgan fingerprint density at radius 2 is 2.00 bits per heavy atom. The molecule has 1 amide bonds. The zero-order valence-electron chi connectivity index (χ0n) is 21.9. The van der Waals surface area contributed by atoms with E-state index in [1.54, 1.807) is 17.0 Å². The summed E-state index contributed by atoms with van der Waals surface area (Å²) in [6, 6.07) is 5.57. The van der Waals surface area contributed by atoms with E-state index in [2.05, 4.69) is 31.9 Å². The van der Waals surface area contributed by atoms with E-state index in [1.807, 2.05) is 25.7 Å². The number of rotatable bonds is 4. The first-order chi connectivity index (χ1) is 18.0. The van der Waals surface area contributed by atoms with Crippen molar-refractivity contribution in [3.8, 4) is 11.9 Å². The fourth-order valence-electron chi connectivity index (χ4n) is 5.86. The van der Waals surface area contributed by atoms with Crippen molar-refractivity contribution in [3.63, 3.8) is 0 Å². The molecule has 0 N–H and O–H groups in total. The minimum absolute atomic E-state index is 0.0464. The molecule has 3 aliphatic heterocycles. The van der Waals surface area contributed by atoms with Crippen LogP contribution in [0.4, 0.5) is 19.3 Å². The topological polar surface area (TPSA) is 81.9 Å². The maximum absolute atomic E-state index is 15.3. The normalized spacial score (nSPS) is 24.0. The molecule has 0 saturated carbocycles. The largest absolute Gasteiger partial charge is 0.475 e. The van der Waals surface area contributed by atoms with Gasteiger partial charge < -0.3 is 19.3 Å². The van der Waals surface area contributed by atoms with E-state index in [-0.39, 0.29) is 34.1 Å². The zero-order valence-corrected chi connectivity index (χ0v) is 23.5. The Labute approximate surface area is 229 Å². The van der Waals surface area contributed by atoms with Crippen molar-refractivity contribution in [2.75, 3.05) is 50.8 Å². The van der Waals surface area contributed by atoms with Crippen LogP contribution in [0.1, 0.15) is 45.6 Å². The Kier molecular flexibility index (Phi) is 7.16. The predicted molar refractivity (Wildman–Crippen MR) is 143 cm³/mol. The number of amides is 1. The van der Waals surface area contributed by atoms with Gasteiger partial charge in [0.15, 0.2) is 5.82 Å². The molecule has 0 bridgehead atoms. The number of ether oxygens (including phenoxy) is 2. The first-order valence-corrected chi connectivity index (χ1v) is 13.8. The van der Waals surface area contributed by atoms with Gasteiger partial charge in [0, 0.05) is 44.5 Å². The number of halogens is 3. The van der Waals surface area contributed by atoms with Crippen molar-refractivity contribution < 1.29 is 23.0 Å². The molecule has 3 aliphatic rings. The van der Waals surface area contributed by atoms with Crippen LogP contribution in [0.5, 0.6) is 5.88 Å². The van der Waals surface area contributed by atoms with Crippen LogP contribution in [0.15, 0.2) is 16.6 Å². The first kappa shape index (κ1) is 26.9. The third kappa shape index (κ3) is 5.00. The van der Waals surface area contributed by atoms with E-state index in [1.165, 1.54) is 0 Å². The molecule has 4 heterocycles. The Morgan fingerprint density at radius 1 is 1.26 bits per heavy atom. The summed E-state index contributed by atoms with van der Waals surface area (Å²) >= 11 is 3.24. The molecular formula is C27H32BrF2N5O3. The third-order valence-electron chi connectivity index (χ3n) is 7.59. The van der Waals surface area contributed by atoms with Gasteiger partial charge in [0.2, 0.25) is 5.88 Å². The van der Waals surface area contributed by atoms with Gasteiger partial charge in [-0.15, -0.1) is 0 Å². The molecule has 0 aliphatic carbocycles. The van der Waals surface area contributed by atoms with Crippen molar-refractivity contribution in [1.82, 2.24) is 14.8 Å². The minimum Gasteiger partial charge on any atom is -0.475 e. The molecule has 1 unspecified atom stereocenters. The molecule has 0 radical (unpaired) electrons. The number of fused-ring (bicyclic) bond motifs is 2. The highest BCUT2D eigenvalue weighted by molar-refractivity contribution is 9.10. The van der Waals surface area contributed by atoms with Gasteiger partial charge >= 0.3 is 6.09 Å². The number of pyridine rings is 1. The number of piperazine rings is 1. The molecule has 0 spiro atoms. The smallest absolute Gasteiger partial charge is 0.410 e. The van der Waals surface area contributed by atoms with Gasteiger partial charge in [0.1, 0.15) is 35.5 Å². The monoisotopic (exact) mass is 591 g/mol. The predicted octanol–water partition coefficient (Wildman–Crippen LogP) is 5.02. The highest BCUT2D eigenvalue weighted by atomic mass is 79.9. The molecule has 3 saturated heterocycles. The van der Waals surface area contributed by atoms with Crippen LogP contribution < -0.4 is 9.64 Å². The molecule has 38 heavy (non-hydrogen) atoms. The number of anilines is 1. The van der Waals surface area contributed by atoms with E-state index in [4.69, 9.17) is 9.47 Å². The van der Waals surface area contributed by atoms with Crippen molar-refractivity contribution in [2.45, 2.75) is 57.3 Å². The lowest BCUT2D eigenvalue weighted by Crippen LogP contribution is -2.50. The van der Waals surface area contributed by atoms with Gasteiger partial charge in [-0.05, 0) is 68.2 Å². The Hall–Kier alpha value is -2.71. The molecular weight excluding hydrogens is 560 g/mol. The molecule has 5 rings (SSSR count). The average Bonchev–Trinajstić information content (AvgIpc) is 3.39. The molecule has 2 aromatic rings. The third-order valence-corrected chi connectivity index (χ3v) is 8.20. The van der Waals surface area contributed by atoms with Crippen LogP contribution in [-0.2, 0) is 4.74 Å². The van der Waals surface area contributed by atoms with Gasteiger partial charge in [-0.1, -0.05) is 0 Å². The number of carbonyl (C=O) groups is 1. The number of hydrogen-bond acceptors (Lipinski definition) is 7. The van der Waals surface area contributed by atoms with Gasteiger partial charge in [0.05, 0.1) is 15.7 Å². The second-order valence-electron chi connectivity index (χ2n) is 11.3. The summed E-state index contributed by atoms with van der Waals surface area (Å²) in [5, 5.41) is 10.7. The van der Waals surface area contributed by atoms with E-state index in [0.717, 1.165) is 19.4 Å². The van der Waals surface area contributed by atoms with E-state index in [9.17, 15) is 14.4 Å². The summed E-state index contributed by atoms with van der Waals surface area (Å²) in [5.41, 5.74) is -0.207. The van der Waals surface area contributed by atoms with E-state index >= 15 is 4.39 Å². The van der Waals surface area contributed by atoms with E-state index < -0.39 is 23.1 Å². The molecule has 2 atom stereocenters. The summed E-state index contributed by atoms with van der Waals surface area (Å²) in [6.45, 7) is 8.45. The minimum atomic E-state index is -0.913. The lowest BCUT2D eigenvalue weighted by atomic mass is 9.95. The number of carbonyl (C=O) groups excluding carboxylic acids is 1. The summed E-state index contributed by atoms with van der Waals surface area (Å²) in [7, 11) is 0. The molecule has 3 fully saturated rings. The van der Waals surface area contributed by atoms with Crippen LogP contribution in [0.2, 0.25) is 0 Å². The van der Waals surface area contributed by atoms with Crippen molar-refractivity contribution in [3.05, 3.63) is 28.0 Å². The molecule has 11 heteroatoms. The summed E-state index contributed by atoms with van der Waals surface area (Å²) in [4.78, 5) is 22.8. The van der Waals surface area contributed by atoms with Gasteiger partial charge in [-0.3, -0.25) is 4.90 Å². The standard InChI is InChI=1S/C27H32BrF2N5O3/c1-26(2,3)38-25(36)34-11-9-33(10-12-34)23-18-5-6-20(28)21(30)22(18)32-24(19(23)14-31)37-16-27-7-4-8-35(27)15-17(29)13-27/h5-6,17H,4,7-13,15-16H2,1-3H3/t17-,27?/m1/s1. The van der Waals surface area contributed by atoms with Crippen molar-refractivity contribution in [2.24, 2.45) is 0 Å². The lowest BCUT2D eigenvalue weighted by molar-refractivity contribution is 0.0240. The van der Waals surface area contributed by atoms with Gasteiger partial charge in [-0.2, -0.15) is 5.26 Å². The van der Waals surface area contributed by atoms with E-state index in [0.29, 0.717) is 50.2 Å². The van der Waals surface area contributed by atoms with Crippen LogP contribution in [0, 0.1) is 17.1 Å². The average molecular weight is 592 g/mol. The SMILES string of the molecule is CC(C)(C)OC(=O)N1CCN(c2c(C#N)c(OCC34CCCN3C[C@H](F)C4)nc3c(F)c(Br)ccc23)CC1. The van der Waals surface area contributed by atoms with Gasteiger partial charge in [-0.25, -0.2) is 18.6 Å². The van der Waals surface area contributed by atoms with Crippen LogP contribution in [0.25, 0.3) is 10.9 Å².